The Labute approximate surface area is 104 Å². The lowest BCUT2D eigenvalue weighted by Crippen LogP contribution is -2.51. The molecule has 1 aliphatic heterocycles. The Hall–Kier alpha value is -0.950. The Kier molecular flexibility index (Phi) is 5.57. The molecule has 2 amide bonds. The van der Waals surface area contributed by atoms with Gasteiger partial charge < -0.3 is 20.4 Å². The van der Waals surface area contributed by atoms with Crippen molar-refractivity contribution in [1.29, 1.82) is 0 Å². The number of aliphatic hydroxyl groups is 1. The molecule has 0 saturated carbocycles. The fraction of sp³-hybridized carbons (Fsp3) is 0.800. The first-order valence-corrected chi connectivity index (χ1v) is 6.60. The molecule has 1 saturated heterocycles. The van der Waals surface area contributed by atoms with E-state index >= 15 is 0 Å². The lowest BCUT2D eigenvalue weighted by Gasteiger charge is -2.31. The summed E-state index contributed by atoms with van der Waals surface area (Å²) in [5, 5.41) is 20.4. The van der Waals surface area contributed by atoms with E-state index < -0.39 is 12.0 Å². The monoisotopic (exact) mass is 262 g/mol. The summed E-state index contributed by atoms with van der Waals surface area (Å²) >= 11 is 1.80. The Balaban J connectivity index is 2.48. The molecule has 0 aliphatic carbocycles. The zero-order valence-corrected chi connectivity index (χ0v) is 10.6. The summed E-state index contributed by atoms with van der Waals surface area (Å²) < 4.78 is 0. The molecule has 0 bridgehead atoms. The van der Waals surface area contributed by atoms with Gasteiger partial charge in [-0.05, 0) is 0 Å². The molecule has 1 heterocycles. The van der Waals surface area contributed by atoms with Crippen molar-refractivity contribution in [3.63, 3.8) is 0 Å². The summed E-state index contributed by atoms with van der Waals surface area (Å²) in [4.78, 5) is 24.2. The summed E-state index contributed by atoms with van der Waals surface area (Å²) in [7, 11) is 0. The van der Waals surface area contributed by atoms with Gasteiger partial charge in [-0.2, -0.15) is 11.8 Å². The Morgan fingerprint density at radius 1 is 1.59 bits per heavy atom. The predicted molar refractivity (Wildman–Crippen MR) is 65.2 cm³/mol. The molecule has 98 valence electrons. The number of amides is 2. The van der Waals surface area contributed by atoms with Gasteiger partial charge in [0.1, 0.15) is 6.04 Å². The molecule has 0 aromatic rings. The van der Waals surface area contributed by atoms with Crippen LogP contribution in [0.25, 0.3) is 0 Å². The van der Waals surface area contributed by atoms with Crippen LogP contribution in [0.3, 0.4) is 0 Å². The number of nitrogens with zero attached hydrogens (tertiary/aromatic N) is 1. The Morgan fingerprint density at radius 2 is 2.29 bits per heavy atom. The van der Waals surface area contributed by atoms with Gasteiger partial charge in [0.2, 0.25) is 0 Å². The number of hydrogen-bond acceptors (Lipinski definition) is 4. The molecule has 2 atom stereocenters. The minimum Gasteiger partial charge on any atom is -0.480 e. The molecule has 3 N–H and O–H groups in total. The maximum Gasteiger partial charge on any atom is 0.326 e. The number of nitrogens with one attached hydrogen (secondary N) is 1. The van der Waals surface area contributed by atoms with Crippen molar-refractivity contribution in [3.05, 3.63) is 0 Å². The number of rotatable bonds is 4. The number of hydrogen-bond donors (Lipinski definition) is 3. The molecule has 1 aliphatic rings. The van der Waals surface area contributed by atoms with E-state index in [1.54, 1.807) is 16.7 Å². The first-order chi connectivity index (χ1) is 8.04. The van der Waals surface area contributed by atoms with Crippen LogP contribution in [-0.2, 0) is 4.79 Å². The zero-order chi connectivity index (χ0) is 12.8. The van der Waals surface area contributed by atoms with E-state index in [4.69, 9.17) is 10.2 Å². The average Bonchev–Trinajstić information content (AvgIpc) is 2.28. The van der Waals surface area contributed by atoms with E-state index in [1.807, 2.05) is 6.92 Å². The zero-order valence-electron chi connectivity index (χ0n) is 9.76. The minimum atomic E-state index is -1.12. The number of urea groups is 1. The highest BCUT2D eigenvalue weighted by molar-refractivity contribution is 7.99. The molecule has 0 aromatic carbocycles. The third-order valence-electron chi connectivity index (χ3n) is 2.54. The second-order valence-corrected chi connectivity index (χ2v) is 5.53. The molecule has 6 nitrogen and oxygen atoms in total. The van der Waals surface area contributed by atoms with Crippen LogP contribution in [0.5, 0.6) is 0 Å². The lowest BCUT2D eigenvalue weighted by atomic mass is 10.2. The summed E-state index contributed by atoms with van der Waals surface area (Å²) in [6.45, 7) is 3.03. The van der Waals surface area contributed by atoms with Crippen molar-refractivity contribution in [2.24, 2.45) is 0 Å². The van der Waals surface area contributed by atoms with Crippen molar-refractivity contribution in [3.8, 4) is 0 Å². The molecular weight excluding hydrogens is 244 g/mol. The summed E-state index contributed by atoms with van der Waals surface area (Å²) in [5.41, 5.74) is 0. The molecule has 0 spiro atoms. The maximum atomic E-state index is 11.8. The van der Waals surface area contributed by atoms with Crippen molar-refractivity contribution >= 4 is 23.8 Å². The second-order valence-electron chi connectivity index (χ2n) is 3.98. The van der Waals surface area contributed by atoms with E-state index in [0.29, 0.717) is 18.3 Å². The van der Waals surface area contributed by atoms with Gasteiger partial charge in [0, 0.05) is 37.1 Å². The van der Waals surface area contributed by atoms with E-state index in [0.717, 1.165) is 5.75 Å². The van der Waals surface area contributed by atoms with Gasteiger partial charge in [0.05, 0.1) is 0 Å². The predicted octanol–water partition coefficient (Wildman–Crippen LogP) is -0.0311. The third-order valence-corrected chi connectivity index (χ3v) is 3.68. The highest BCUT2D eigenvalue weighted by atomic mass is 32.2. The highest BCUT2D eigenvalue weighted by Crippen LogP contribution is 2.17. The fourth-order valence-corrected chi connectivity index (χ4v) is 2.64. The molecule has 1 fully saturated rings. The average molecular weight is 262 g/mol. The standard InChI is InChI=1S/C10H18N2O4S/c1-7-6-12(3-5-17-7)10(16)11-8(2-4-13)9(14)15/h7-8,13H,2-6H2,1H3,(H,11,16)(H,14,15)/t7?,8-/m0/s1. The molecule has 17 heavy (non-hydrogen) atoms. The number of carbonyl (C=O) groups excluding carboxylic acids is 1. The lowest BCUT2D eigenvalue weighted by molar-refractivity contribution is -0.139. The number of carboxylic acid groups (broad SMARTS) is 1. The second kappa shape index (κ2) is 6.70. The summed E-state index contributed by atoms with van der Waals surface area (Å²) in [6.07, 6.45) is 0.0270. The number of carboxylic acids is 1. The smallest absolute Gasteiger partial charge is 0.326 e. The normalized spacial score (nSPS) is 22.0. The van der Waals surface area contributed by atoms with Crippen LogP contribution in [0.4, 0.5) is 4.79 Å². The largest absolute Gasteiger partial charge is 0.480 e. The van der Waals surface area contributed by atoms with E-state index in [9.17, 15) is 9.59 Å². The molecule has 1 unspecified atom stereocenters. The quantitative estimate of drug-likeness (QED) is 0.662. The van der Waals surface area contributed by atoms with Gasteiger partial charge in [-0.1, -0.05) is 6.92 Å². The molecule has 1 rings (SSSR count). The number of aliphatic hydroxyl groups excluding tert-OH is 1. The molecule has 0 radical (unpaired) electrons. The van der Waals surface area contributed by atoms with Crippen molar-refractivity contribution in [2.45, 2.75) is 24.6 Å². The third kappa shape index (κ3) is 4.43. The topological polar surface area (TPSA) is 89.9 Å². The van der Waals surface area contributed by atoms with Crippen LogP contribution in [0.1, 0.15) is 13.3 Å². The number of aliphatic carboxylic acids is 1. The van der Waals surface area contributed by atoms with Gasteiger partial charge in [0.25, 0.3) is 0 Å². The highest BCUT2D eigenvalue weighted by Gasteiger charge is 2.25. The SMILES string of the molecule is CC1CN(C(=O)N[C@@H](CCO)C(=O)O)CCS1. The van der Waals surface area contributed by atoms with Crippen molar-refractivity contribution < 1.29 is 19.8 Å². The summed E-state index contributed by atoms with van der Waals surface area (Å²) in [5.74, 6) is -0.251. The van der Waals surface area contributed by atoms with E-state index in [-0.39, 0.29) is 19.1 Å². The number of carbonyl (C=O) groups is 2. The van der Waals surface area contributed by atoms with Crippen LogP contribution in [-0.4, -0.2) is 63.9 Å². The van der Waals surface area contributed by atoms with Crippen LogP contribution in [0.2, 0.25) is 0 Å². The van der Waals surface area contributed by atoms with Crippen LogP contribution in [0.15, 0.2) is 0 Å². The van der Waals surface area contributed by atoms with Gasteiger partial charge in [-0.25, -0.2) is 9.59 Å². The Morgan fingerprint density at radius 3 is 2.82 bits per heavy atom. The van der Waals surface area contributed by atoms with Crippen LogP contribution < -0.4 is 5.32 Å². The van der Waals surface area contributed by atoms with Gasteiger partial charge in [-0.15, -0.1) is 0 Å². The number of thioether (sulfide) groups is 1. The first-order valence-electron chi connectivity index (χ1n) is 5.55. The summed E-state index contributed by atoms with van der Waals surface area (Å²) in [6, 6.07) is -1.38. The van der Waals surface area contributed by atoms with Crippen LogP contribution >= 0.6 is 11.8 Å². The molecular formula is C10H18N2O4S. The van der Waals surface area contributed by atoms with E-state index in [1.165, 1.54) is 0 Å². The van der Waals surface area contributed by atoms with Gasteiger partial charge >= 0.3 is 12.0 Å². The van der Waals surface area contributed by atoms with Gasteiger partial charge in [-0.3, -0.25) is 0 Å². The maximum absolute atomic E-state index is 11.8. The van der Waals surface area contributed by atoms with Crippen molar-refractivity contribution in [1.82, 2.24) is 10.2 Å². The Bertz CT molecular complexity index is 287. The fourth-order valence-electron chi connectivity index (χ4n) is 1.63. The van der Waals surface area contributed by atoms with Crippen molar-refractivity contribution in [2.75, 3.05) is 25.4 Å². The molecule has 7 heteroatoms. The first kappa shape index (κ1) is 14.1. The minimum absolute atomic E-state index is 0.0270. The van der Waals surface area contributed by atoms with E-state index in [2.05, 4.69) is 5.32 Å². The van der Waals surface area contributed by atoms with Gasteiger partial charge in [0.15, 0.2) is 0 Å². The molecule has 0 aromatic heterocycles. The van der Waals surface area contributed by atoms with Crippen LogP contribution in [0, 0.1) is 0 Å².